The van der Waals surface area contributed by atoms with Gasteiger partial charge in [0.25, 0.3) is 0 Å². The third kappa shape index (κ3) is 3.15. The summed E-state index contributed by atoms with van der Waals surface area (Å²) in [5.41, 5.74) is 5.59. The van der Waals surface area contributed by atoms with Gasteiger partial charge in [-0.1, -0.05) is 0 Å². The Morgan fingerprint density at radius 1 is 1.44 bits per heavy atom. The number of piperidine rings is 1. The van der Waals surface area contributed by atoms with Crippen LogP contribution in [0.4, 0.5) is 5.95 Å². The fraction of sp³-hybridized carbons (Fsp3) is 0.600. The number of nitrogens with zero attached hydrogens (tertiary/aromatic N) is 3. The molecule has 7 nitrogen and oxygen atoms in total. The fourth-order valence-corrected chi connectivity index (χ4v) is 3.21. The van der Waals surface area contributed by atoms with Gasteiger partial charge in [-0.05, 0) is 31.4 Å². The first kappa shape index (κ1) is 13.2. The van der Waals surface area contributed by atoms with E-state index in [1.54, 1.807) is 6.07 Å². The Labute approximate surface area is 107 Å². The van der Waals surface area contributed by atoms with Crippen LogP contribution in [0.3, 0.4) is 0 Å². The number of aromatic nitrogens is 2. The molecule has 1 fully saturated rings. The van der Waals surface area contributed by atoms with Crippen molar-refractivity contribution in [1.29, 1.82) is 0 Å². The van der Waals surface area contributed by atoms with Crippen LogP contribution in [0.5, 0.6) is 0 Å². The van der Waals surface area contributed by atoms with E-state index in [0.717, 1.165) is 12.8 Å². The first-order valence-corrected chi connectivity index (χ1v) is 7.31. The molecular formula is C10H17N5O2S. The van der Waals surface area contributed by atoms with Crippen molar-refractivity contribution in [1.82, 2.24) is 14.3 Å². The first-order chi connectivity index (χ1) is 8.62. The van der Waals surface area contributed by atoms with Gasteiger partial charge in [0.05, 0.1) is 0 Å². The summed E-state index contributed by atoms with van der Waals surface area (Å²) in [5, 5.41) is 0. The van der Waals surface area contributed by atoms with Gasteiger partial charge in [-0.3, -0.25) is 0 Å². The average molecular weight is 271 g/mol. The molecule has 2 rings (SSSR count). The van der Waals surface area contributed by atoms with Gasteiger partial charge in [0, 0.05) is 25.5 Å². The second kappa shape index (κ2) is 5.59. The Balaban J connectivity index is 2.06. The normalized spacial score (nSPS) is 21.7. The van der Waals surface area contributed by atoms with Gasteiger partial charge >= 0.3 is 10.2 Å². The van der Waals surface area contributed by atoms with Crippen molar-refractivity contribution < 1.29 is 8.42 Å². The quantitative estimate of drug-likeness (QED) is 0.790. The van der Waals surface area contributed by atoms with E-state index in [1.807, 2.05) is 0 Å². The first-order valence-electron chi connectivity index (χ1n) is 5.87. The maximum absolute atomic E-state index is 12.1. The predicted molar refractivity (Wildman–Crippen MR) is 67.9 cm³/mol. The largest absolute Gasteiger partial charge is 0.330 e. The monoisotopic (exact) mass is 271 g/mol. The predicted octanol–water partition coefficient (Wildman–Crippen LogP) is -0.196. The highest BCUT2D eigenvalue weighted by atomic mass is 32.2. The highest BCUT2D eigenvalue weighted by Crippen LogP contribution is 2.18. The topological polar surface area (TPSA) is 101 Å². The molecule has 0 aromatic carbocycles. The van der Waals surface area contributed by atoms with E-state index < -0.39 is 10.2 Å². The summed E-state index contributed by atoms with van der Waals surface area (Å²) in [4.78, 5) is 7.69. The number of hydrogen-bond donors (Lipinski definition) is 2. The van der Waals surface area contributed by atoms with E-state index in [4.69, 9.17) is 5.73 Å². The van der Waals surface area contributed by atoms with Crippen LogP contribution in [-0.4, -0.2) is 42.3 Å². The highest BCUT2D eigenvalue weighted by Gasteiger charge is 2.28. The lowest BCUT2D eigenvalue weighted by atomic mass is 10.0. The summed E-state index contributed by atoms with van der Waals surface area (Å²) in [6.07, 6.45) is 4.79. The van der Waals surface area contributed by atoms with Gasteiger partial charge in [-0.25, -0.2) is 14.7 Å². The van der Waals surface area contributed by atoms with Gasteiger partial charge in [0.15, 0.2) is 0 Å². The van der Waals surface area contributed by atoms with Gasteiger partial charge in [-0.15, -0.1) is 0 Å². The summed E-state index contributed by atoms with van der Waals surface area (Å²) in [7, 11) is -3.58. The minimum atomic E-state index is -3.58. The second-order valence-electron chi connectivity index (χ2n) is 4.28. The molecule has 1 saturated heterocycles. The summed E-state index contributed by atoms with van der Waals surface area (Å²) >= 11 is 0. The van der Waals surface area contributed by atoms with Crippen LogP contribution in [0.1, 0.15) is 12.8 Å². The minimum Gasteiger partial charge on any atom is -0.330 e. The van der Waals surface area contributed by atoms with Crippen LogP contribution >= 0.6 is 0 Å². The molecule has 1 aliphatic rings. The zero-order valence-electron chi connectivity index (χ0n) is 9.99. The summed E-state index contributed by atoms with van der Waals surface area (Å²) < 4.78 is 28.0. The third-order valence-electron chi connectivity index (χ3n) is 2.94. The number of nitrogens with two attached hydrogens (primary N) is 1. The molecule has 0 bridgehead atoms. The van der Waals surface area contributed by atoms with Crippen LogP contribution in [0.15, 0.2) is 18.5 Å². The number of rotatable bonds is 4. The van der Waals surface area contributed by atoms with Gasteiger partial charge < -0.3 is 5.73 Å². The average Bonchev–Trinajstić information content (AvgIpc) is 2.39. The lowest BCUT2D eigenvalue weighted by Gasteiger charge is -2.30. The molecule has 0 radical (unpaired) electrons. The molecule has 8 heteroatoms. The maximum atomic E-state index is 12.1. The van der Waals surface area contributed by atoms with Gasteiger partial charge in [0.2, 0.25) is 5.95 Å². The Morgan fingerprint density at radius 3 is 2.83 bits per heavy atom. The number of nitrogens with one attached hydrogen (secondary N) is 1. The van der Waals surface area contributed by atoms with Crippen LogP contribution < -0.4 is 10.5 Å². The van der Waals surface area contributed by atoms with Crippen LogP contribution in [0.25, 0.3) is 0 Å². The number of hydrogen-bond acceptors (Lipinski definition) is 5. The molecule has 0 spiro atoms. The van der Waals surface area contributed by atoms with Crippen molar-refractivity contribution in [2.24, 2.45) is 11.7 Å². The van der Waals surface area contributed by atoms with Crippen molar-refractivity contribution in [2.75, 3.05) is 24.4 Å². The van der Waals surface area contributed by atoms with Crippen LogP contribution in [0, 0.1) is 5.92 Å². The molecule has 2 heterocycles. The molecule has 1 unspecified atom stereocenters. The summed E-state index contributed by atoms with van der Waals surface area (Å²) in [6.45, 7) is 1.48. The zero-order valence-corrected chi connectivity index (χ0v) is 10.8. The van der Waals surface area contributed by atoms with E-state index in [1.165, 1.54) is 16.7 Å². The summed E-state index contributed by atoms with van der Waals surface area (Å²) in [5.74, 6) is 0.319. The lowest BCUT2D eigenvalue weighted by molar-refractivity contribution is 0.272. The Morgan fingerprint density at radius 2 is 2.17 bits per heavy atom. The molecular weight excluding hydrogens is 254 g/mol. The molecule has 1 aliphatic heterocycles. The molecule has 0 aliphatic carbocycles. The second-order valence-corrected chi connectivity index (χ2v) is 5.95. The van der Waals surface area contributed by atoms with Gasteiger partial charge in [-0.2, -0.15) is 12.7 Å². The molecule has 1 atom stereocenters. The molecule has 0 amide bonds. The highest BCUT2D eigenvalue weighted by molar-refractivity contribution is 7.90. The van der Waals surface area contributed by atoms with E-state index >= 15 is 0 Å². The van der Waals surface area contributed by atoms with Crippen molar-refractivity contribution in [3.63, 3.8) is 0 Å². The van der Waals surface area contributed by atoms with Crippen molar-refractivity contribution in [3.8, 4) is 0 Å². The Bertz CT molecular complexity index is 478. The van der Waals surface area contributed by atoms with Crippen molar-refractivity contribution in [3.05, 3.63) is 18.5 Å². The lowest BCUT2D eigenvalue weighted by Crippen LogP contribution is -2.44. The molecule has 1 aromatic heterocycles. The van der Waals surface area contributed by atoms with E-state index in [9.17, 15) is 8.42 Å². The molecule has 18 heavy (non-hydrogen) atoms. The van der Waals surface area contributed by atoms with E-state index in [-0.39, 0.29) is 11.9 Å². The van der Waals surface area contributed by atoms with E-state index in [0.29, 0.717) is 19.6 Å². The molecule has 100 valence electrons. The summed E-state index contributed by atoms with van der Waals surface area (Å²) in [6, 6.07) is 1.63. The van der Waals surface area contributed by atoms with Gasteiger partial charge in [0.1, 0.15) is 0 Å². The zero-order chi connectivity index (χ0) is 13.0. The van der Waals surface area contributed by atoms with E-state index in [2.05, 4.69) is 14.7 Å². The Hall–Kier alpha value is -1.25. The van der Waals surface area contributed by atoms with Crippen LogP contribution in [-0.2, 0) is 10.2 Å². The third-order valence-corrected chi connectivity index (χ3v) is 4.39. The molecule has 0 saturated carbocycles. The minimum absolute atomic E-state index is 0.0902. The smallest absolute Gasteiger partial charge is 0.303 e. The van der Waals surface area contributed by atoms with Crippen LogP contribution in [0.2, 0.25) is 0 Å². The molecule has 1 aromatic rings. The SMILES string of the molecule is NCC1CCCN(S(=O)(=O)Nc2ncccn2)C1. The number of anilines is 1. The standard InChI is InChI=1S/C10H17N5O2S/c11-7-9-3-1-6-15(8-9)18(16,17)14-10-12-4-2-5-13-10/h2,4-5,9H,1,3,6-8,11H2,(H,12,13,14). The van der Waals surface area contributed by atoms with Crippen molar-refractivity contribution in [2.45, 2.75) is 12.8 Å². The maximum Gasteiger partial charge on any atom is 0.303 e. The molecule has 3 N–H and O–H groups in total. The fourth-order valence-electron chi connectivity index (χ4n) is 1.97. The van der Waals surface area contributed by atoms with Crippen molar-refractivity contribution >= 4 is 16.2 Å². The Kier molecular flexibility index (Phi) is 4.10.